The monoisotopic (exact) mass is 583 g/mol. The van der Waals surface area contributed by atoms with E-state index in [0.717, 1.165) is 61.3 Å². The first-order valence-corrected chi connectivity index (χ1v) is 14.9. The highest BCUT2D eigenvalue weighted by Crippen LogP contribution is 2.21. The van der Waals surface area contributed by atoms with Crippen LogP contribution in [-0.4, -0.2) is 73.3 Å². The number of morpholine rings is 1. The molecule has 40 heavy (non-hydrogen) atoms. The third-order valence-corrected chi connectivity index (χ3v) is 9.16. The number of rotatable bonds is 8. The van der Waals surface area contributed by atoms with Crippen molar-refractivity contribution in [2.75, 3.05) is 50.0 Å². The molecule has 1 aromatic carbocycles. The highest BCUT2D eigenvalue weighted by molar-refractivity contribution is 7.92. The highest BCUT2D eigenvalue weighted by Gasteiger charge is 2.20. The molecule has 0 spiro atoms. The lowest BCUT2D eigenvalue weighted by Crippen LogP contribution is -2.39. The van der Waals surface area contributed by atoms with Gasteiger partial charge in [0.1, 0.15) is 15.9 Å². The number of pyridine rings is 1. The molecule has 210 valence electrons. The van der Waals surface area contributed by atoms with Crippen LogP contribution in [0.5, 0.6) is 0 Å². The fourth-order valence-corrected chi connectivity index (χ4v) is 6.53. The van der Waals surface area contributed by atoms with Gasteiger partial charge >= 0.3 is 6.03 Å². The zero-order valence-electron chi connectivity index (χ0n) is 22.0. The molecule has 12 nitrogen and oxygen atoms in total. The van der Waals surface area contributed by atoms with Crippen molar-refractivity contribution in [2.45, 2.75) is 18.1 Å². The molecule has 0 aliphatic carbocycles. The number of ether oxygens (including phenoxy) is 1. The number of thiophene rings is 1. The molecule has 2 amide bonds. The lowest BCUT2D eigenvalue weighted by atomic mass is 10.2. The molecule has 0 radical (unpaired) electrons. The van der Waals surface area contributed by atoms with E-state index >= 15 is 0 Å². The molecule has 1 aliphatic heterocycles. The Morgan fingerprint density at radius 3 is 2.55 bits per heavy atom. The predicted molar refractivity (Wildman–Crippen MR) is 154 cm³/mol. The van der Waals surface area contributed by atoms with E-state index in [4.69, 9.17) is 4.74 Å². The van der Waals surface area contributed by atoms with Gasteiger partial charge in [0.15, 0.2) is 0 Å². The molecular weight excluding hydrogens is 554 g/mol. The second-order valence-electron chi connectivity index (χ2n) is 9.24. The second-order valence-corrected chi connectivity index (χ2v) is 12.4. The number of benzene rings is 1. The molecule has 5 rings (SSSR count). The summed E-state index contributed by atoms with van der Waals surface area (Å²) in [7, 11) is -3.98. The Balaban J connectivity index is 1.26. The topological polar surface area (TPSA) is 148 Å². The van der Waals surface area contributed by atoms with Crippen LogP contribution in [0.15, 0.2) is 57.7 Å². The highest BCUT2D eigenvalue weighted by atomic mass is 32.2. The molecule has 14 heteroatoms. The molecule has 1 aliphatic rings. The van der Waals surface area contributed by atoms with E-state index in [2.05, 4.69) is 25.5 Å². The maximum Gasteiger partial charge on any atom is 0.333 e. The van der Waals surface area contributed by atoms with Crippen molar-refractivity contribution in [3.63, 3.8) is 0 Å². The van der Waals surface area contributed by atoms with Crippen molar-refractivity contribution in [3.05, 3.63) is 69.7 Å². The van der Waals surface area contributed by atoms with Crippen molar-refractivity contribution in [1.82, 2.24) is 24.2 Å². The van der Waals surface area contributed by atoms with Gasteiger partial charge in [0.25, 0.3) is 15.6 Å². The number of sulfonamides is 1. The lowest BCUT2D eigenvalue weighted by Gasteiger charge is -2.26. The third kappa shape index (κ3) is 6.31. The fraction of sp³-hybridized carbons (Fsp3) is 0.308. The minimum Gasteiger partial charge on any atom is -0.384 e. The van der Waals surface area contributed by atoms with Gasteiger partial charge in [-0.1, -0.05) is 0 Å². The summed E-state index contributed by atoms with van der Waals surface area (Å²) in [5.74, 6) is 0.767. The Bertz CT molecular complexity index is 1690. The standard InChI is InChI=1S/C26H29N7O5S2/c1-17-3-8-24(39-17)40(36,37)31-26(35)30-20-5-7-23(28-16-20)33-18(2)29-22-15-19(4-6-21(22)25(33)34)27-9-10-32-11-13-38-14-12-32/h3-8,15-16,27H,9-14H2,1-2H3,(H2,30,31,35). The first-order chi connectivity index (χ1) is 19.2. The van der Waals surface area contributed by atoms with Crippen LogP contribution >= 0.6 is 11.3 Å². The average molecular weight is 584 g/mol. The van der Waals surface area contributed by atoms with Crippen molar-refractivity contribution in [2.24, 2.45) is 0 Å². The summed E-state index contributed by atoms with van der Waals surface area (Å²) in [6.45, 7) is 8.53. The number of hydrogen-bond acceptors (Lipinski definition) is 10. The number of fused-ring (bicyclic) bond motifs is 1. The summed E-state index contributed by atoms with van der Waals surface area (Å²) >= 11 is 1.07. The summed E-state index contributed by atoms with van der Waals surface area (Å²) < 4.78 is 33.5. The predicted octanol–water partition coefficient (Wildman–Crippen LogP) is 2.71. The van der Waals surface area contributed by atoms with Crippen LogP contribution in [0, 0.1) is 13.8 Å². The van der Waals surface area contributed by atoms with Crippen molar-refractivity contribution in [3.8, 4) is 5.82 Å². The van der Waals surface area contributed by atoms with E-state index in [0.29, 0.717) is 22.5 Å². The number of nitrogens with zero attached hydrogens (tertiary/aromatic N) is 4. The van der Waals surface area contributed by atoms with Crippen LogP contribution in [0.3, 0.4) is 0 Å². The van der Waals surface area contributed by atoms with E-state index < -0.39 is 16.1 Å². The van der Waals surface area contributed by atoms with Gasteiger partial charge in [0.05, 0.1) is 36.0 Å². The maximum absolute atomic E-state index is 13.3. The first kappa shape index (κ1) is 27.7. The van der Waals surface area contributed by atoms with Crippen LogP contribution in [0.4, 0.5) is 16.2 Å². The lowest BCUT2D eigenvalue weighted by molar-refractivity contribution is 0.0398. The third-order valence-electron chi connectivity index (χ3n) is 6.34. The van der Waals surface area contributed by atoms with E-state index in [1.54, 1.807) is 32.0 Å². The normalized spacial score (nSPS) is 14.2. The molecule has 3 N–H and O–H groups in total. The molecule has 0 bridgehead atoms. The van der Waals surface area contributed by atoms with Gasteiger partial charge in [0.2, 0.25) is 0 Å². The minimum atomic E-state index is -3.98. The molecule has 0 atom stereocenters. The summed E-state index contributed by atoms with van der Waals surface area (Å²) in [6.07, 6.45) is 1.34. The van der Waals surface area contributed by atoms with Crippen LogP contribution < -0.4 is 20.9 Å². The largest absolute Gasteiger partial charge is 0.384 e. The minimum absolute atomic E-state index is 0.0446. The zero-order valence-corrected chi connectivity index (χ0v) is 23.6. The summed E-state index contributed by atoms with van der Waals surface area (Å²) in [5, 5.41) is 6.29. The molecule has 1 fully saturated rings. The van der Waals surface area contributed by atoms with Gasteiger partial charge in [-0.05, 0) is 56.3 Å². The van der Waals surface area contributed by atoms with Gasteiger partial charge in [-0.2, -0.15) is 0 Å². The first-order valence-electron chi connectivity index (χ1n) is 12.6. The van der Waals surface area contributed by atoms with E-state index in [-0.39, 0.29) is 15.5 Å². The van der Waals surface area contributed by atoms with Crippen LogP contribution in [-0.2, 0) is 14.8 Å². The quantitative estimate of drug-likeness (QED) is 0.285. The van der Waals surface area contributed by atoms with Gasteiger partial charge in [-0.25, -0.2) is 32.5 Å². The van der Waals surface area contributed by atoms with Crippen molar-refractivity contribution < 1.29 is 17.9 Å². The van der Waals surface area contributed by atoms with Gasteiger partial charge in [-0.15, -0.1) is 11.3 Å². The second kappa shape index (κ2) is 11.7. The van der Waals surface area contributed by atoms with Crippen molar-refractivity contribution in [1.29, 1.82) is 0 Å². The number of hydrogen-bond donors (Lipinski definition) is 3. The zero-order chi connectivity index (χ0) is 28.3. The van der Waals surface area contributed by atoms with E-state index in [1.165, 1.54) is 22.9 Å². The summed E-state index contributed by atoms with van der Waals surface area (Å²) in [6, 6.07) is 10.7. The Hall–Kier alpha value is -3.85. The van der Waals surface area contributed by atoms with Crippen LogP contribution in [0.25, 0.3) is 16.7 Å². The number of urea groups is 1. The summed E-state index contributed by atoms with van der Waals surface area (Å²) in [5.41, 5.74) is 1.44. The van der Waals surface area contributed by atoms with Gasteiger partial charge < -0.3 is 15.4 Å². The maximum atomic E-state index is 13.3. The Kier molecular flexibility index (Phi) is 8.12. The number of aryl methyl sites for hydroxylation is 2. The van der Waals surface area contributed by atoms with Crippen LogP contribution in [0.2, 0.25) is 0 Å². The SMILES string of the molecule is Cc1ccc(S(=O)(=O)NC(=O)Nc2ccc(-n3c(C)nc4cc(NCCN5CCOCC5)ccc4c3=O)nc2)s1. The van der Waals surface area contributed by atoms with E-state index in [1.807, 2.05) is 16.9 Å². The molecule has 4 aromatic rings. The average Bonchev–Trinajstić information content (AvgIpc) is 3.37. The molecule has 4 heterocycles. The van der Waals surface area contributed by atoms with Gasteiger partial charge in [0, 0.05) is 36.7 Å². The van der Waals surface area contributed by atoms with Crippen LogP contribution in [0.1, 0.15) is 10.7 Å². The fourth-order valence-electron chi connectivity index (χ4n) is 4.34. The number of anilines is 2. The van der Waals surface area contributed by atoms with Gasteiger partial charge in [-0.3, -0.25) is 9.69 Å². The Labute approximate surface area is 235 Å². The number of nitrogens with one attached hydrogen (secondary N) is 3. The molecule has 0 saturated carbocycles. The Morgan fingerprint density at radius 1 is 1.07 bits per heavy atom. The number of aromatic nitrogens is 3. The number of carbonyl (C=O) groups excluding carboxylic acids is 1. The molecular formula is C26H29N7O5S2. The molecule has 3 aromatic heterocycles. The Morgan fingerprint density at radius 2 is 1.85 bits per heavy atom. The molecule has 0 unspecified atom stereocenters. The number of carbonyl (C=O) groups is 1. The van der Waals surface area contributed by atoms with Crippen molar-refractivity contribution >= 4 is 49.7 Å². The molecule has 1 saturated heterocycles. The van der Waals surface area contributed by atoms with E-state index in [9.17, 15) is 18.0 Å². The smallest absolute Gasteiger partial charge is 0.333 e. The number of amides is 2. The summed E-state index contributed by atoms with van der Waals surface area (Å²) in [4.78, 5) is 37.7.